The number of hydrogen-bond donors (Lipinski definition) is 2. The summed E-state index contributed by atoms with van der Waals surface area (Å²) in [5.41, 5.74) is 1.88. The smallest absolute Gasteiger partial charge is 0.243 e. The van der Waals surface area contributed by atoms with Crippen LogP contribution in [0.15, 0.2) is 77.7 Å². The molecule has 194 valence electrons. The number of hydrogen-bond acceptors (Lipinski definition) is 5. The van der Waals surface area contributed by atoms with Crippen molar-refractivity contribution >= 4 is 21.7 Å². The first-order chi connectivity index (χ1) is 17.9. The van der Waals surface area contributed by atoms with Gasteiger partial charge in [0.25, 0.3) is 0 Å². The first-order valence-corrected chi connectivity index (χ1v) is 14.5. The second kappa shape index (κ2) is 10.7. The predicted molar refractivity (Wildman–Crippen MR) is 144 cm³/mol. The van der Waals surface area contributed by atoms with Crippen molar-refractivity contribution in [3.8, 4) is 11.3 Å². The minimum atomic E-state index is -3.67. The molecule has 2 N–H and O–H groups in total. The van der Waals surface area contributed by atoms with E-state index in [9.17, 15) is 18.3 Å². The topological polar surface area (TPSA) is 99.6 Å². The summed E-state index contributed by atoms with van der Waals surface area (Å²) in [6, 6.07) is 21.7. The van der Waals surface area contributed by atoms with Crippen LogP contribution < -0.4 is 5.32 Å². The lowest BCUT2D eigenvalue weighted by Gasteiger charge is -2.36. The number of pyridine rings is 1. The molecular weight excluding hydrogens is 486 g/mol. The molecular formula is C29H33N3O4S. The average Bonchev–Trinajstić information content (AvgIpc) is 3.44. The quantitative estimate of drug-likeness (QED) is 0.470. The number of nitrogens with zero attached hydrogens (tertiary/aromatic N) is 2. The molecule has 0 bridgehead atoms. The minimum Gasteiger partial charge on any atom is -0.395 e. The van der Waals surface area contributed by atoms with Crippen LogP contribution in [0.25, 0.3) is 11.3 Å². The van der Waals surface area contributed by atoms with Crippen molar-refractivity contribution in [2.24, 2.45) is 0 Å². The third-order valence-electron chi connectivity index (χ3n) is 7.75. The Hall–Kier alpha value is -3.07. The summed E-state index contributed by atoms with van der Waals surface area (Å²) in [6.45, 7) is 0.244. The number of aliphatic hydroxyl groups excluding tert-OH is 1. The highest BCUT2D eigenvalue weighted by Crippen LogP contribution is 2.40. The van der Waals surface area contributed by atoms with Crippen LogP contribution in [0.1, 0.15) is 50.5 Å². The molecule has 37 heavy (non-hydrogen) atoms. The standard InChI is InChI=1S/C29H33N3O4S/c33-21-24-11-8-20-32(24)37(35,36)25-16-14-22(15-17-25)26-12-7-13-27(30-26)31-28(34)29(18-5-2-6-19-29)23-9-3-1-4-10-23/h1,3-4,7,9-10,12-17,24,33H,2,5-6,8,11,18-21H2,(H,30,31,34)/t24-/m1/s1. The van der Waals surface area contributed by atoms with E-state index in [0.717, 1.165) is 49.7 Å². The molecule has 0 unspecified atom stereocenters. The Balaban J connectivity index is 1.36. The van der Waals surface area contributed by atoms with E-state index >= 15 is 0 Å². The van der Waals surface area contributed by atoms with E-state index in [1.165, 1.54) is 4.31 Å². The summed E-state index contributed by atoms with van der Waals surface area (Å²) in [6.07, 6.45) is 6.21. The lowest BCUT2D eigenvalue weighted by Crippen LogP contribution is -2.42. The number of rotatable bonds is 7. The van der Waals surface area contributed by atoms with E-state index in [1.807, 2.05) is 42.5 Å². The second-order valence-electron chi connectivity index (χ2n) is 9.99. The SMILES string of the molecule is O=C(Nc1cccc(-c2ccc(S(=O)(=O)N3CCC[C@@H]3CO)cc2)n1)C1(c2ccccc2)CCCCC1. The van der Waals surface area contributed by atoms with E-state index in [0.29, 0.717) is 24.5 Å². The van der Waals surface area contributed by atoms with Crippen molar-refractivity contribution in [1.29, 1.82) is 0 Å². The summed E-state index contributed by atoms with van der Waals surface area (Å²) < 4.78 is 27.5. The number of nitrogens with one attached hydrogen (secondary N) is 1. The molecule has 1 aliphatic carbocycles. The Morgan fingerprint density at radius 1 is 0.946 bits per heavy atom. The Labute approximate surface area is 218 Å². The third kappa shape index (κ3) is 5.06. The molecule has 1 aromatic heterocycles. The molecule has 2 aliphatic rings. The van der Waals surface area contributed by atoms with Gasteiger partial charge in [-0.3, -0.25) is 4.79 Å². The fourth-order valence-corrected chi connectivity index (χ4v) is 7.39. The highest BCUT2D eigenvalue weighted by Gasteiger charge is 2.41. The average molecular weight is 520 g/mol. The van der Waals surface area contributed by atoms with Crippen LogP contribution in [0.5, 0.6) is 0 Å². The van der Waals surface area contributed by atoms with Gasteiger partial charge in [0.15, 0.2) is 0 Å². The maximum atomic E-state index is 13.6. The van der Waals surface area contributed by atoms with Crippen LogP contribution in [0, 0.1) is 0 Å². The molecule has 1 amide bonds. The Kier molecular flexibility index (Phi) is 7.42. The number of amides is 1. The zero-order valence-corrected chi connectivity index (χ0v) is 21.7. The van der Waals surface area contributed by atoms with Gasteiger partial charge in [-0.1, -0.05) is 67.8 Å². The Bertz CT molecular complexity index is 1340. The van der Waals surface area contributed by atoms with Crippen LogP contribution in [0.4, 0.5) is 5.82 Å². The predicted octanol–water partition coefficient (Wildman–Crippen LogP) is 4.73. The molecule has 1 atom stereocenters. The van der Waals surface area contributed by atoms with Gasteiger partial charge in [-0.2, -0.15) is 4.31 Å². The Morgan fingerprint density at radius 2 is 1.68 bits per heavy atom. The molecule has 8 heteroatoms. The van der Waals surface area contributed by atoms with Crippen molar-refractivity contribution in [1.82, 2.24) is 9.29 Å². The number of anilines is 1. The van der Waals surface area contributed by atoms with Crippen molar-refractivity contribution in [3.63, 3.8) is 0 Å². The number of carbonyl (C=O) groups is 1. The van der Waals surface area contributed by atoms with Crippen molar-refractivity contribution in [2.75, 3.05) is 18.5 Å². The number of carbonyl (C=O) groups excluding carboxylic acids is 1. The fraction of sp³-hybridized carbons (Fsp3) is 0.379. The number of aliphatic hydroxyl groups is 1. The van der Waals surface area contributed by atoms with E-state index in [1.54, 1.807) is 30.3 Å². The summed E-state index contributed by atoms with van der Waals surface area (Å²) >= 11 is 0. The van der Waals surface area contributed by atoms with Gasteiger partial charge in [-0.15, -0.1) is 0 Å². The van der Waals surface area contributed by atoms with Gasteiger partial charge in [0, 0.05) is 18.2 Å². The molecule has 0 radical (unpaired) electrons. The molecule has 3 aromatic rings. The molecule has 7 nitrogen and oxygen atoms in total. The summed E-state index contributed by atoms with van der Waals surface area (Å²) in [5, 5.41) is 12.6. The molecule has 1 saturated heterocycles. The lowest BCUT2D eigenvalue weighted by molar-refractivity contribution is -0.122. The van der Waals surface area contributed by atoms with Gasteiger partial charge in [0.05, 0.1) is 22.6 Å². The molecule has 1 aliphatic heterocycles. The van der Waals surface area contributed by atoms with Crippen LogP contribution >= 0.6 is 0 Å². The third-order valence-corrected chi connectivity index (χ3v) is 9.72. The van der Waals surface area contributed by atoms with Gasteiger partial charge in [-0.25, -0.2) is 13.4 Å². The molecule has 2 fully saturated rings. The monoisotopic (exact) mass is 519 g/mol. The van der Waals surface area contributed by atoms with Gasteiger partial charge in [0.2, 0.25) is 15.9 Å². The Morgan fingerprint density at radius 3 is 2.38 bits per heavy atom. The molecule has 5 rings (SSSR count). The van der Waals surface area contributed by atoms with Crippen LogP contribution in [-0.2, 0) is 20.2 Å². The van der Waals surface area contributed by atoms with Gasteiger partial charge in [0.1, 0.15) is 5.82 Å². The first kappa shape index (κ1) is 25.6. The van der Waals surface area contributed by atoms with Crippen molar-refractivity contribution in [3.05, 3.63) is 78.4 Å². The normalized spacial score (nSPS) is 20.0. The van der Waals surface area contributed by atoms with E-state index < -0.39 is 15.4 Å². The second-order valence-corrected chi connectivity index (χ2v) is 11.9. The van der Waals surface area contributed by atoms with E-state index in [4.69, 9.17) is 0 Å². The number of sulfonamides is 1. The van der Waals surface area contributed by atoms with E-state index in [-0.39, 0.29) is 23.5 Å². The highest BCUT2D eigenvalue weighted by molar-refractivity contribution is 7.89. The molecule has 2 aromatic carbocycles. The number of benzene rings is 2. The van der Waals surface area contributed by atoms with E-state index in [2.05, 4.69) is 10.3 Å². The summed E-state index contributed by atoms with van der Waals surface area (Å²) in [4.78, 5) is 18.5. The van der Waals surface area contributed by atoms with Crippen LogP contribution in [-0.4, -0.2) is 47.9 Å². The van der Waals surface area contributed by atoms with Gasteiger partial charge in [-0.05, 0) is 55.5 Å². The minimum absolute atomic E-state index is 0.0338. The maximum Gasteiger partial charge on any atom is 0.243 e. The summed E-state index contributed by atoms with van der Waals surface area (Å²) in [7, 11) is -3.67. The maximum absolute atomic E-state index is 13.6. The summed E-state index contributed by atoms with van der Waals surface area (Å²) in [5.74, 6) is 0.441. The van der Waals surface area contributed by atoms with Crippen LogP contribution in [0.3, 0.4) is 0 Å². The molecule has 0 spiro atoms. The zero-order valence-electron chi connectivity index (χ0n) is 20.8. The molecule has 2 heterocycles. The zero-order chi connectivity index (χ0) is 25.9. The molecule has 1 saturated carbocycles. The van der Waals surface area contributed by atoms with Crippen molar-refractivity contribution in [2.45, 2.75) is 61.3 Å². The van der Waals surface area contributed by atoms with Gasteiger partial charge >= 0.3 is 0 Å². The largest absolute Gasteiger partial charge is 0.395 e. The first-order valence-electron chi connectivity index (χ1n) is 13.0. The van der Waals surface area contributed by atoms with Crippen molar-refractivity contribution < 1.29 is 18.3 Å². The fourth-order valence-electron chi connectivity index (χ4n) is 5.70. The number of aromatic nitrogens is 1. The van der Waals surface area contributed by atoms with Crippen LogP contribution in [0.2, 0.25) is 0 Å². The lowest BCUT2D eigenvalue weighted by atomic mass is 9.68. The highest BCUT2D eigenvalue weighted by atomic mass is 32.2. The van der Waals surface area contributed by atoms with Gasteiger partial charge < -0.3 is 10.4 Å².